The predicted octanol–water partition coefficient (Wildman–Crippen LogP) is 25.5. The van der Waals surface area contributed by atoms with Gasteiger partial charge in [0.1, 0.15) is 57.5 Å². The van der Waals surface area contributed by atoms with Crippen molar-refractivity contribution in [1.82, 2.24) is 0 Å². The molecule has 13 heteroatoms. The maximum absolute atomic E-state index is 9.19. The number of methoxy groups -OCH3 is 5. The Kier molecular flexibility index (Phi) is 44.1. The van der Waals surface area contributed by atoms with Crippen LogP contribution in [0.3, 0.4) is 0 Å². The third-order valence-electron chi connectivity index (χ3n) is 16.9. The van der Waals surface area contributed by atoms with Crippen molar-refractivity contribution in [2.24, 2.45) is 29.6 Å². The molecule has 0 saturated carbocycles. The fourth-order valence-electron chi connectivity index (χ4n) is 9.97. The third kappa shape index (κ3) is 36.5. The third-order valence-corrected chi connectivity index (χ3v) is 18.2. The zero-order chi connectivity index (χ0) is 78.4. The summed E-state index contributed by atoms with van der Waals surface area (Å²) in [6.45, 7) is 27.6. The second kappa shape index (κ2) is 56.5. The molecular formula is C83H129BrCl2O10. The van der Waals surface area contributed by atoms with Gasteiger partial charge in [0, 0.05) is 38.6 Å². The Morgan fingerprint density at radius 3 is 1.14 bits per heavy atom. The van der Waals surface area contributed by atoms with E-state index in [-0.39, 0.29) is 52.6 Å². The van der Waals surface area contributed by atoms with Crippen LogP contribution in [-0.2, 0) is 11.7 Å². The molecule has 542 valence electrons. The Balaban J connectivity index is 0.000000749. The summed E-state index contributed by atoms with van der Waals surface area (Å²) >= 11 is 15.2. The molecule has 10 nitrogen and oxygen atoms in total. The minimum absolute atomic E-state index is 0.0283. The Morgan fingerprint density at radius 1 is 0.417 bits per heavy atom. The molecule has 0 aliphatic rings. The predicted molar refractivity (Wildman–Crippen MR) is 416 cm³/mol. The van der Waals surface area contributed by atoms with E-state index in [9.17, 15) is 2.74 Å². The van der Waals surface area contributed by atoms with Crippen molar-refractivity contribution >= 4 is 57.3 Å². The lowest BCUT2D eigenvalue weighted by molar-refractivity contribution is 0.231. The average molecular weight is 1450 g/mol. The van der Waals surface area contributed by atoms with E-state index in [2.05, 4.69) is 85.2 Å². The van der Waals surface area contributed by atoms with Crippen molar-refractivity contribution in [3.05, 3.63) is 124 Å². The number of aryl methyl sites for hydroxylation is 1. The number of unbranched alkanes of at least 4 members (excludes halogenated alkanes) is 5. The number of halogens is 3. The molecule has 0 aliphatic carbocycles. The molecule has 0 heterocycles. The van der Waals surface area contributed by atoms with Gasteiger partial charge in [0.15, 0.2) is 0 Å². The van der Waals surface area contributed by atoms with E-state index in [1.807, 2.05) is 37.3 Å². The first-order valence-electron chi connectivity index (χ1n) is 39.5. The maximum Gasteiger partial charge on any atom is 0.127 e. The van der Waals surface area contributed by atoms with E-state index in [4.69, 9.17) is 79.2 Å². The highest BCUT2D eigenvalue weighted by Crippen LogP contribution is 2.36. The minimum atomic E-state index is -2.18. The highest BCUT2D eigenvalue weighted by atomic mass is 79.9. The molecule has 0 fully saturated rings. The highest BCUT2D eigenvalue weighted by Gasteiger charge is 2.17. The van der Waals surface area contributed by atoms with E-state index < -0.39 is 11.7 Å². The van der Waals surface area contributed by atoms with Crippen LogP contribution in [0, 0.1) is 36.5 Å². The second-order valence-electron chi connectivity index (χ2n) is 24.1. The molecule has 5 rings (SSSR count). The monoisotopic (exact) mass is 1440 g/mol. The SMILES string of the molecule is CCCCC(CC)CBr.CCCCC(CC)COc1ccc(OC)cc1.COc1ccc(O)cc1.[2H]/C(C)=C(/[2H])c1cc(OC)c(/C([2H])=C(\[2H])c2cc(OC)c(C)cc2OCC(CC)CCCC)cc1OCC(CC)CCCC.[2H]C([2H])(Cl)c1cc(OCC(CC)CCCC)c(C([2H])([2H])Cl)cc1OC. The van der Waals surface area contributed by atoms with Crippen molar-refractivity contribution in [1.29, 1.82) is 0 Å². The van der Waals surface area contributed by atoms with Gasteiger partial charge in [-0.1, -0.05) is 206 Å². The number of alkyl halides is 3. The zero-order valence-corrected chi connectivity index (χ0v) is 65.0. The smallest absolute Gasteiger partial charge is 0.127 e. The molecular weight excluding hydrogens is 1310 g/mol. The van der Waals surface area contributed by atoms with Gasteiger partial charge >= 0.3 is 0 Å². The van der Waals surface area contributed by atoms with E-state index in [0.29, 0.717) is 83.2 Å². The zero-order valence-electron chi connectivity index (χ0n) is 69.9. The summed E-state index contributed by atoms with van der Waals surface area (Å²) in [7, 11) is 7.73. The molecule has 5 aromatic rings. The minimum Gasteiger partial charge on any atom is -0.508 e. The molecule has 0 radical (unpaired) electrons. The number of hydrogen-bond acceptors (Lipinski definition) is 10. The number of rotatable bonds is 43. The van der Waals surface area contributed by atoms with Gasteiger partial charge in [0.2, 0.25) is 0 Å². The Bertz CT molecular complexity index is 3180. The van der Waals surface area contributed by atoms with E-state index in [1.165, 1.54) is 83.0 Å². The number of aromatic hydroxyl groups is 1. The van der Waals surface area contributed by atoms with Crippen LogP contribution < -0.4 is 42.6 Å². The second-order valence-corrected chi connectivity index (χ2v) is 25.1. The molecule has 5 atom stereocenters. The summed E-state index contributed by atoms with van der Waals surface area (Å²) in [6.07, 6.45) is 23.2. The van der Waals surface area contributed by atoms with Crippen molar-refractivity contribution in [2.45, 2.75) is 223 Å². The lowest BCUT2D eigenvalue weighted by atomic mass is 10.00. The first-order valence-corrected chi connectivity index (χ1v) is 37.3. The van der Waals surface area contributed by atoms with Crippen LogP contribution in [0.2, 0.25) is 0 Å². The molecule has 0 bridgehead atoms. The fourth-order valence-corrected chi connectivity index (χ4v) is 11.1. The first kappa shape index (κ1) is 74.9. The molecule has 5 unspecified atom stereocenters. The van der Waals surface area contributed by atoms with Crippen molar-refractivity contribution in [3.63, 3.8) is 0 Å². The molecule has 0 aliphatic heterocycles. The van der Waals surface area contributed by atoms with Gasteiger partial charge in [-0.15, -0.1) is 23.2 Å². The van der Waals surface area contributed by atoms with Crippen LogP contribution in [-0.4, -0.2) is 72.4 Å². The van der Waals surface area contributed by atoms with Crippen molar-refractivity contribution in [2.75, 3.05) is 67.3 Å². The van der Waals surface area contributed by atoms with E-state index >= 15 is 0 Å². The van der Waals surface area contributed by atoms with Crippen molar-refractivity contribution in [3.8, 4) is 57.5 Å². The summed E-state index contributed by atoms with van der Waals surface area (Å²) < 4.78 is 117. The van der Waals surface area contributed by atoms with Crippen LogP contribution in [0.4, 0.5) is 0 Å². The molecule has 0 saturated heterocycles. The number of hydrogen-bond donors (Lipinski definition) is 1. The quantitative estimate of drug-likeness (QED) is 0.0300. The summed E-state index contributed by atoms with van der Waals surface area (Å²) in [5.41, 5.74) is 2.33. The molecule has 5 aromatic carbocycles. The molecule has 0 spiro atoms. The van der Waals surface area contributed by atoms with E-state index in [0.717, 1.165) is 112 Å². The lowest BCUT2D eigenvalue weighted by Crippen LogP contribution is -2.12. The molecule has 0 amide bonds. The van der Waals surface area contributed by atoms with Gasteiger partial charge in [0.05, 0.1) is 79.1 Å². The number of ether oxygens (including phenoxy) is 9. The number of phenols is 1. The summed E-state index contributed by atoms with van der Waals surface area (Å²) in [6, 6.07) is 24.1. The van der Waals surface area contributed by atoms with Crippen molar-refractivity contribution < 1.29 is 58.7 Å². The van der Waals surface area contributed by atoms with Gasteiger partial charge in [-0.3, -0.25) is 0 Å². The lowest BCUT2D eigenvalue weighted by Gasteiger charge is -2.19. The molecule has 0 aromatic heterocycles. The standard InChI is InChI=1S/C36H54O4.C17H26Cl2O2.C15H24O2.C8H17Br.C7H8O2/c1-9-14-17-28(12-4)25-39-35-21-27(6)33(37-7)22-32(35)20-19-31-24-36(30(16-11-3)23-34(31)38-8)40-26-29(13-5)18-15-10-2;1-4-6-7-13(5-2)12-21-17-9-14(10-18)16(20-3)8-15(17)11-19;1-4-6-7-13(5-2)12-17-15-10-8-14(16-3)9-11-15;1-3-5-6-8(4-2)7-9;1-9-7-4-2-6(8)3-5-7/h11,16,19-24,28-29H,9-10,12-15,17-18,25-26H2,1-8H3;8-9,13H,4-7,10-12H2,1-3H3;8-11,13H,4-7,12H2,1-3H3;8H,3-7H2,1-2H3;2-5,8H,1H3/b16-11+,20-19+;;;;/i11D,16D,19D,20D;10D2,11D2;;;. The van der Waals surface area contributed by atoms with Gasteiger partial charge in [-0.2, -0.15) is 0 Å². The number of allylic oxidation sites excluding steroid dienone is 1. The van der Waals surface area contributed by atoms with E-state index in [1.54, 1.807) is 70.7 Å². The van der Waals surface area contributed by atoms with Gasteiger partial charge in [-0.25, -0.2) is 0 Å². The van der Waals surface area contributed by atoms with Crippen LogP contribution >= 0.6 is 39.1 Å². The Labute approximate surface area is 614 Å². The topological polar surface area (TPSA) is 103 Å². The normalized spacial score (nSPS) is 14.3. The largest absolute Gasteiger partial charge is 0.508 e. The van der Waals surface area contributed by atoms with Crippen LogP contribution in [0.1, 0.15) is 249 Å². The summed E-state index contributed by atoms with van der Waals surface area (Å²) in [4.78, 5) is 0. The maximum atomic E-state index is 9.19. The van der Waals surface area contributed by atoms with Crippen LogP contribution in [0.5, 0.6) is 57.5 Å². The fraction of sp³-hybridized carbons (Fsp3) is 0.590. The number of benzene rings is 5. The number of phenolic OH excluding ortho intramolecular Hbond substituents is 1. The van der Waals surface area contributed by atoms with Gasteiger partial charge in [0.25, 0.3) is 0 Å². The first-order chi connectivity index (χ1) is 49.6. The Morgan fingerprint density at radius 2 is 0.750 bits per heavy atom. The summed E-state index contributed by atoms with van der Waals surface area (Å²) in [5.74, 6) is 3.38. The highest BCUT2D eigenvalue weighted by molar-refractivity contribution is 9.09. The average Bonchev–Trinajstić information content (AvgIpc) is 0.793. The van der Waals surface area contributed by atoms with Gasteiger partial charge < -0.3 is 47.7 Å². The molecule has 1 N–H and O–H groups in total. The summed E-state index contributed by atoms with van der Waals surface area (Å²) in [5, 5.41) is 9.98. The van der Waals surface area contributed by atoms with Crippen LogP contribution in [0.25, 0.3) is 18.2 Å². The van der Waals surface area contributed by atoms with Crippen LogP contribution in [0.15, 0.2) is 91.0 Å². The Hall–Kier alpha value is -5.36. The van der Waals surface area contributed by atoms with Gasteiger partial charge in [-0.05, 0) is 166 Å². The molecule has 96 heavy (non-hydrogen) atoms.